The Morgan fingerprint density at radius 3 is 1.86 bits per heavy atom. The summed E-state index contributed by atoms with van der Waals surface area (Å²) in [4.78, 5) is 48.7. The Balaban J connectivity index is 2.33. The maximum Gasteiger partial charge on any atom is 0.303 e. The first-order valence-electron chi connectivity index (χ1n) is 12.8. The molecular weight excluding hydrogens is 480 g/mol. The fourth-order valence-corrected chi connectivity index (χ4v) is 6.88. The summed E-state index contributed by atoms with van der Waals surface area (Å²) >= 11 is 0. The van der Waals surface area contributed by atoms with Gasteiger partial charge in [-0.25, -0.2) is 0 Å². The molecule has 2 bridgehead atoms. The zero-order valence-electron chi connectivity index (χ0n) is 23.1. The van der Waals surface area contributed by atoms with E-state index in [1.807, 2.05) is 20.8 Å². The second-order valence-electron chi connectivity index (χ2n) is 11.6. The van der Waals surface area contributed by atoms with Gasteiger partial charge in [0.2, 0.25) is 0 Å². The summed E-state index contributed by atoms with van der Waals surface area (Å²) in [5, 5.41) is 12.4. The molecule has 0 aliphatic heterocycles. The minimum atomic E-state index is -1.42. The van der Waals surface area contributed by atoms with E-state index in [2.05, 4.69) is 6.58 Å². The van der Waals surface area contributed by atoms with Crippen LogP contribution in [0.3, 0.4) is 0 Å². The van der Waals surface area contributed by atoms with E-state index < -0.39 is 70.6 Å². The van der Waals surface area contributed by atoms with Crippen LogP contribution in [0.2, 0.25) is 0 Å². The Morgan fingerprint density at radius 2 is 1.35 bits per heavy atom. The Morgan fingerprint density at radius 1 is 0.838 bits per heavy atom. The number of hydrogen-bond acceptors (Lipinski definition) is 9. The molecule has 9 heteroatoms. The van der Waals surface area contributed by atoms with Gasteiger partial charge in [0.25, 0.3) is 0 Å². The van der Waals surface area contributed by atoms with Crippen LogP contribution >= 0.6 is 0 Å². The molecule has 0 saturated heterocycles. The molecular formula is C28H40O9. The minimum absolute atomic E-state index is 0.123. The van der Waals surface area contributed by atoms with Crippen molar-refractivity contribution < 1.29 is 43.2 Å². The molecule has 2 fully saturated rings. The van der Waals surface area contributed by atoms with Crippen molar-refractivity contribution in [3.63, 3.8) is 0 Å². The van der Waals surface area contributed by atoms with Gasteiger partial charge in [0.1, 0.15) is 18.3 Å². The van der Waals surface area contributed by atoms with E-state index >= 15 is 0 Å². The second-order valence-corrected chi connectivity index (χ2v) is 11.6. The van der Waals surface area contributed by atoms with Crippen LogP contribution in [0, 0.1) is 16.7 Å². The molecule has 0 aromatic rings. The molecule has 7 atom stereocenters. The predicted octanol–water partition coefficient (Wildman–Crippen LogP) is 3.57. The lowest BCUT2D eigenvalue weighted by Gasteiger charge is -2.60. The monoisotopic (exact) mass is 520 g/mol. The molecule has 0 aromatic carbocycles. The lowest BCUT2D eigenvalue weighted by Crippen LogP contribution is -2.64. The van der Waals surface area contributed by atoms with Crippen LogP contribution in [0.25, 0.3) is 0 Å². The SMILES string of the molecule is C=C1[C@@H](OC(C)=O)CC[C@]2(C)[C@@H]1C[C@]1(O)C[C@H](OC(C)=O)C(C)=C([C@@H](OC(C)=O)[C@@H]2OC(C)=O)C1(C)C. The van der Waals surface area contributed by atoms with Gasteiger partial charge in [0, 0.05) is 44.9 Å². The van der Waals surface area contributed by atoms with Crippen LogP contribution in [-0.4, -0.2) is 59.0 Å². The van der Waals surface area contributed by atoms with Gasteiger partial charge in [-0.1, -0.05) is 27.4 Å². The standard InChI is InChI=1S/C28H40O9/c1-14-20-12-28(33)13-22(35-17(4)30)15(2)23(26(28,7)8)24(36-18(5)31)25(37-19(6)32)27(20,9)11-10-21(14)34-16(3)29/h20-22,24-25,33H,1,10-13H2,2-9H3/t20-,21+,22+,24-,25+,27-,28+/m1/s1. The number of esters is 4. The molecule has 3 rings (SSSR count). The average molecular weight is 521 g/mol. The molecule has 1 N–H and O–H groups in total. The van der Waals surface area contributed by atoms with Crippen molar-refractivity contribution >= 4 is 23.9 Å². The fraction of sp³-hybridized carbons (Fsp3) is 0.714. The fourth-order valence-electron chi connectivity index (χ4n) is 6.88. The minimum Gasteiger partial charge on any atom is -0.458 e. The quantitative estimate of drug-likeness (QED) is 0.336. The average Bonchev–Trinajstić information content (AvgIpc) is 2.73. The Kier molecular flexibility index (Phi) is 7.72. The smallest absolute Gasteiger partial charge is 0.303 e. The number of fused-ring (bicyclic) bond motifs is 3. The van der Waals surface area contributed by atoms with E-state index in [4.69, 9.17) is 18.9 Å². The highest BCUT2D eigenvalue weighted by Crippen LogP contribution is 2.61. The maximum absolute atomic E-state index is 12.5. The van der Waals surface area contributed by atoms with Crippen LogP contribution in [0.5, 0.6) is 0 Å². The van der Waals surface area contributed by atoms with Crippen molar-refractivity contribution in [3.05, 3.63) is 23.3 Å². The van der Waals surface area contributed by atoms with Crippen molar-refractivity contribution in [2.75, 3.05) is 0 Å². The van der Waals surface area contributed by atoms with Gasteiger partial charge in [-0.3, -0.25) is 19.2 Å². The third kappa shape index (κ3) is 5.07. The van der Waals surface area contributed by atoms with Crippen molar-refractivity contribution in [2.24, 2.45) is 16.7 Å². The van der Waals surface area contributed by atoms with Gasteiger partial charge in [-0.05, 0) is 48.8 Å². The lowest BCUT2D eigenvalue weighted by molar-refractivity contribution is -0.201. The van der Waals surface area contributed by atoms with Crippen molar-refractivity contribution in [1.82, 2.24) is 0 Å². The van der Waals surface area contributed by atoms with Crippen molar-refractivity contribution in [3.8, 4) is 0 Å². The van der Waals surface area contributed by atoms with Gasteiger partial charge in [0.15, 0.2) is 6.10 Å². The molecule has 206 valence electrons. The lowest BCUT2D eigenvalue weighted by atomic mass is 9.49. The number of ether oxygens (including phenoxy) is 4. The van der Waals surface area contributed by atoms with E-state index in [1.165, 1.54) is 27.7 Å². The first-order chi connectivity index (χ1) is 16.9. The number of hydrogen-bond donors (Lipinski definition) is 1. The number of aliphatic hydroxyl groups is 1. The highest BCUT2D eigenvalue weighted by atomic mass is 16.6. The van der Waals surface area contributed by atoms with Gasteiger partial charge in [-0.15, -0.1) is 0 Å². The predicted molar refractivity (Wildman–Crippen MR) is 133 cm³/mol. The van der Waals surface area contributed by atoms with Gasteiger partial charge in [0.05, 0.1) is 5.60 Å². The molecule has 0 unspecified atom stereocenters. The summed E-state index contributed by atoms with van der Waals surface area (Å²) in [6.07, 6.45) is -2.12. The Bertz CT molecular complexity index is 1040. The van der Waals surface area contributed by atoms with Crippen molar-refractivity contribution in [1.29, 1.82) is 0 Å². The van der Waals surface area contributed by atoms with Gasteiger partial charge in [-0.2, -0.15) is 0 Å². The van der Waals surface area contributed by atoms with Crippen LogP contribution < -0.4 is 0 Å². The molecule has 3 aliphatic rings. The molecule has 0 aromatic heterocycles. The van der Waals surface area contributed by atoms with E-state index in [0.29, 0.717) is 29.6 Å². The topological polar surface area (TPSA) is 125 Å². The van der Waals surface area contributed by atoms with Crippen LogP contribution in [-0.2, 0) is 38.1 Å². The van der Waals surface area contributed by atoms with Gasteiger partial charge >= 0.3 is 23.9 Å². The normalized spacial score (nSPS) is 36.9. The third-order valence-electron chi connectivity index (χ3n) is 8.82. The molecule has 2 saturated carbocycles. The van der Waals surface area contributed by atoms with Gasteiger partial charge < -0.3 is 24.1 Å². The zero-order valence-corrected chi connectivity index (χ0v) is 23.1. The molecule has 9 nitrogen and oxygen atoms in total. The van der Waals surface area contributed by atoms with E-state index in [-0.39, 0.29) is 12.8 Å². The maximum atomic E-state index is 12.5. The van der Waals surface area contributed by atoms with Crippen LogP contribution in [0.4, 0.5) is 0 Å². The van der Waals surface area contributed by atoms with Crippen LogP contribution in [0.1, 0.15) is 81.1 Å². The number of rotatable bonds is 4. The third-order valence-corrected chi connectivity index (χ3v) is 8.82. The Labute approximate surface area is 218 Å². The summed E-state index contributed by atoms with van der Waals surface area (Å²) in [6.45, 7) is 16.9. The molecule has 0 radical (unpaired) electrons. The highest BCUT2D eigenvalue weighted by molar-refractivity contribution is 5.69. The van der Waals surface area contributed by atoms with Crippen molar-refractivity contribution in [2.45, 2.75) is 111 Å². The zero-order chi connectivity index (χ0) is 28.1. The van der Waals surface area contributed by atoms with E-state index in [1.54, 1.807) is 6.92 Å². The molecule has 3 aliphatic carbocycles. The van der Waals surface area contributed by atoms with E-state index in [9.17, 15) is 24.3 Å². The summed E-state index contributed by atoms with van der Waals surface area (Å²) in [5.41, 5.74) is -1.38. The first kappa shape index (κ1) is 28.9. The molecule has 0 heterocycles. The first-order valence-corrected chi connectivity index (χ1v) is 12.8. The van der Waals surface area contributed by atoms with Crippen LogP contribution in [0.15, 0.2) is 23.3 Å². The summed E-state index contributed by atoms with van der Waals surface area (Å²) in [5.74, 6) is -2.55. The summed E-state index contributed by atoms with van der Waals surface area (Å²) < 4.78 is 23.1. The molecule has 0 amide bonds. The summed E-state index contributed by atoms with van der Waals surface area (Å²) in [7, 11) is 0. The second kappa shape index (κ2) is 9.89. The van der Waals surface area contributed by atoms with E-state index in [0.717, 1.165) is 0 Å². The largest absolute Gasteiger partial charge is 0.458 e. The molecule has 0 spiro atoms. The molecule has 37 heavy (non-hydrogen) atoms. The Hall–Kier alpha value is -2.68. The number of carbonyl (C=O) groups excluding carboxylic acids is 4. The number of carbonyl (C=O) groups is 4. The highest BCUT2D eigenvalue weighted by Gasteiger charge is 2.64. The summed E-state index contributed by atoms with van der Waals surface area (Å²) in [6, 6.07) is 0.